The summed E-state index contributed by atoms with van der Waals surface area (Å²) < 4.78 is 84.8. The van der Waals surface area contributed by atoms with Crippen LogP contribution in [0.3, 0.4) is 0 Å². The molecule has 1 fully saturated rings. The molecule has 1 aliphatic heterocycles. The highest BCUT2D eigenvalue weighted by molar-refractivity contribution is 7.07. The molecule has 0 unspecified atom stereocenters. The topological polar surface area (TPSA) is 143 Å². The lowest BCUT2D eigenvalue weighted by molar-refractivity contribution is -0.143. The van der Waals surface area contributed by atoms with E-state index in [1.54, 1.807) is 5.38 Å². The van der Waals surface area contributed by atoms with Gasteiger partial charge in [-0.15, -0.1) is 16.4 Å². The number of hydrogen-bond donors (Lipinski definition) is 2. The van der Waals surface area contributed by atoms with Gasteiger partial charge < -0.3 is 15.2 Å². The van der Waals surface area contributed by atoms with Crippen molar-refractivity contribution in [1.29, 1.82) is 0 Å². The Balaban J connectivity index is 1.59. The van der Waals surface area contributed by atoms with E-state index in [4.69, 9.17) is 9.84 Å². The average Bonchev–Trinajstić information content (AvgIpc) is 3.24. The summed E-state index contributed by atoms with van der Waals surface area (Å²) in [6.07, 6.45) is -12.1. The number of aromatic nitrogens is 4. The molecule has 208 valence electrons. The van der Waals surface area contributed by atoms with Gasteiger partial charge in [-0.3, -0.25) is 14.5 Å². The van der Waals surface area contributed by atoms with E-state index in [1.807, 2.05) is 0 Å². The SMILES string of the molecule is CN(C(=O)[C@H](Cc1cscn1)NC(=O)[C@H]1O[C@@H]1C(=O)O)c1cn(-c2cc(C(F)(F)F)cc(C(F)(F)F)c2)nn1. The Morgan fingerprint density at radius 2 is 1.77 bits per heavy atom. The lowest BCUT2D eigenvalue weighted by Gasteiger charge is -2.22. The van der Waals surface area contributed by atoms with Crippen LogP contribution in [-0.2, 0) is 37.9 Å². The number of benzene rings is 1. The Bertz CT molecular complexity index is 1360. The lowest BCUT2D eigenvalue weighted by atomic mass is 10.1. The summed E-state index contributed by atoms with van der Waals surface area (Å²) in [4.78, 5) is 41.6. The van der Waals surface area contributed by atoms with E-state index >= 15 is 0 Å². The fourth-order valence-electron chi connectivity index (χ4n) is 3.45. The van der Waals surface area contributed by atoms with Crippen LogP contribution in [-0.4, -0.2) is 68.2 Å². The van der Waals surface area contributed by atoms with E-state index < -0.39 is 65.2 Å². The Morgan fingerprint density at radius 3 is 2.28 bits per heavy atom. The Hall–Kier alpha value is -4.06. The van der Waals surface area contributed by atoms with Gasteiger partial charge in [-0.2, -0.15) is 26.3 Å². The first-order valence-electron chi connectivity index (χ1n) is 10.7. The van der Waals surface area contributed by atoms with Crippen LogP contribution in [0, 0.1) is 0 Å². The standard InChI is InChI=1S/C21H16F6N6O5S/c1-32(18(35)13(5-11-7-39-8-28-11)29-17(34)15-16(38-15)19(36)37)14-6-33(31-30-14)12-3-9(20(22,23)24)2-10(4-12)21(25,26)27/h2-4,6-8,13,15-16H,5H2,1H3,(H,29,34)(H,36,37)/t13-,15-,16-/m0/s1. The van der Waals surface area contributed by atoms with Gasteiger partial charge in [-0.1, -0.05) is 5.21 Å². The van der Waals surface area contributed by atoms with Crippen molar-refractivity contribution < 1.29 is 50.6 Å². The first-order chi connectivity index (χ1) is 18.1. The minimum atomic E-state index is -5.09. The number of hydrogen-bond acceptors (Lipinski definition) is 8. The van der Waals surface area contributed by atoms with Crippen molar-refractivity contribution in [2.24, 2.45) is 0 Å². The maximum Gasteiger partial charge on any atom is 0.416 e. The number of aliphatic carboxylic acids is 1. The number of halogens is 6. The summed E-state index contributed by atoms with van der Waals surface area (Å²) in [5.41, 5.74) is -1.87. The number of rotatable bonds is 8. The Morgan fingerprint density at radius 1 is 1.13 bits per heavy atom. The van der Waals surface area contributed by atoms with Gasteiger partial charge in [0.1, 0.15) is 6.04 Å². The number of nitrogens with zero attached hydrogens (tertiary/aromatic N) is 5. The molecule has 2 N–H and O–H groups in total. The van der Waals surface area contributed by atoms with E-state index in [0.29, 0.717) is 22.5 Å². The molecule has 0 bridgehead atoms. The molecule has 0 aliphatic carbocycles. The summed E-state index contributed by atoms with van der Waals surface area (Å²) in [6.45, 7) is 0. The number of carbonyl (C=O) groups excluding carboxylic acids is 2. The van der Waals surface area contributed by atoms with Gasteiger partial charge in [-0.25, -0.2) is 14.5 Å². The first kappa shape index (κ1) is 28.0. The summed E-state index contributed by atoms with van der Waals surface area (Å²) in [5.74, 6) is -3.32. The molecule has 0 radical (unpaired) electrons. The summed E-state index contributed by atoms with van der Waals surface area (Å²) in [6, 6.07) is -0.468. The van der Waals surface area contributed by atoms with E-state index in [-0.39, 0.29) is 18.3 Å². The van der Waals surface area contributed by atoms with E-state index in [9.17, 15) is 40.7 Å². The van der Waals surface area contributed by atoms with Gasteiger partial charge in [0, 0.05) is 18.8 Å². The molecule has 1 aromatic carbocycles. The van der Waals surface area contributed by atoms with Gasteiger partial charge in [0.2, 0.25) is 0 Å². The smallest absolute Gasteiger partial charge is 0.416 e. The van der Waals surface area contributed by atoms with Crippen molar-refractivity contribution in [2.75, 3.05) is 11.9 Å². The quantitative estimate of drug-likeness (QED) is 0.306. The van der Waals surface area contributed by atoms with E-state index in [0.717, 1.165) is 11.1 Å². The Labute approximate surface area is 218 Å². The predicted molar refractivity (Wildman–Crippen MR) is 119 cm³/mol. The maximum atomic E-state index is 13.2. The third kappa shape index (κ3) is 6.33. The highest BCUT2D eigenvalue weighted by atomic mass is 32.1. The fraction of sp³-hybridized carbons (Fsp3) is 0.333. The molecule has 0 saturated carbocycles. The van der Waals surface area contributed by atoms with Crippen molar-refractivity contribution in [3.63, 3.8) is 0 Å². The molecule has 2 aromatic heterocycles. The Kier molecular flexibility index (Phi) is 7.35. The number of thiazole rings is 1. The van der Waals surface area contributed by atoms with E-state index in [2.05, 4.69) is 20.6 Å². The van der Waals surface area contributed by atoms with E-state index in [1.165, 1.54) is 23.9 Å². The normalized spacial score (nSPS) is 17.9. The maximum absolute atomic E-state index is 13.2. The molecule has 3 atom stereocenters. The molecule has 2 amide bonds. The molecule has 39 heavy (non-hydrogen) atoms. The molecule has 4 rings (SSSR count). The van der Waals surface area contributed by atoms with Crippen LogP contribution in [0.25, 0.3) is 5.69 Å². The second-order valence-corrected chi connectivity index (χ2v) is 8.96. The van der Waals surface area contributed by atoms with Gasteiger partial charge in [0.15, 0.2) is 18.0 Å². The number of alkyl halides is 6. The first-order valence-corrected chi connectivity index (χ1v) is 11.6. The summed E-state index contributed by atoms with van der Waals surface area (Å²) in [7, 11) is 1.19. The zero-order valence-corrected chi connectivity index (χ0v) is 20.2. The zero-order valence-electron chi connectivity index (χ0n) is 19.4. The minimum absolute atomic E-state index is 0.0404. The number of carboxylic acid groups (broad SMARTS) is 1. The summed E-state index contributed by atoms with van der Waals surface area (Å²) >= 11 is 1.21. The molecule has 18 heteroatoms. The number of anilines is 1. The molecular weight excluding hydrogens is 562 g/mol. The minimum Gasteiger partial charge on any atom is -0.479 e. The van der Waals surface area contributed by atoms with Crippen LogP contribution in [0.15, 0.2) is 35.3 Å². The second kappa shape index (κ2) is 10.3. The van der Waals surface area contributed by atoms with Crippen molar-refractivity contribution >= 4 is 34.9 Å². The number of likely N-dealkylation sites (N-methyl/N-ethyl adjacent to an activating group) is 1. The van der Waals surface area contributed by atoms with Gasteiger partial charge in [0.25, 0.3) is 11.8 Å². The van der Waals surface area contributed by atoms with Crippen molar-refractivity contribution in [3.8, 4) is 5.69 Å². The monoisotopic (exact) mass is 578 g/mol. The predicted octanol–water partition coefficient (Wildman–Crippen LogP) is 2.30. The van der Waals surface area contributed by atoms with Gasteiger partial charge in [-0.05, 0) is 18.2 Å². The molecule has 11 nitrogen and oxygen atoms in total. The number of carboxylic acids is 1. The number of ether oxygens (including phenoxy) is 1. The number of carbonyl (C=O) groups is 3. The molecular formula is C21H16F6N6O5S. The number of epoxide rings is 1. The van der Waals surface area contributed by atoms with Crippen LogP contribution in [0.1, 0.15) is 16.8 Å². The molecule has 3 aromatic rings. The number of amides is 2. The van der Waals surface area contributed by atoms with Crippen molar-refractivity contribution in [3.05, 3.63) is 52.1 Å². The van der Waals surface area contributed by atoms with Crippen LogP contribution in [0.4, 0.5) is 32.2 Å². The second-order valence-electron chi connectivity index (χ2n) is 8.24. The highest BCUT2D eigenvalue weighted by Crippen LogP contribution is 2.37. The highest BCUT2D eigenvalue weighted by Gasteiger charge is 2.51. The molecule has 3 heterocycles. The number of nitrogens with one attached hydrogen (secondary N) is 1. The van der Waals surface area contributed by atoms with Crippen LogP contribution in [0.5, 0.6) is 0 Å². The third-order valence-electron chi connectivity index (χ3n) is 5.50. The molecule has 1 aliphatic rings. The van der Waals surface area contributed by atoms with Crippen LogP contribution in [0.2, 0.25) is 0 Å². The zero-order chi connectivity index (χ0) is 28.7. The van der Waals surface area contributed by atoms with Crippen molar-refractivity contribution in [2.45, 2.75) is 37.0 Å². The lowest BCUT2D eigenvalue weighted by Crippen LogP contribution is -2.50. The van der Waals surface area contributed by atoms with Gasteiger partial charge in [0.05, 0.1) is 34.2 Å². The largest absolute Gasteiger partial charge is 0.479 e. The van der Waals surface area contributed by atoms with Crippen LogP contribution >= 0.6 is 11.3 Å². The summed E-state index contributed by atoms with van der Waals surface area (Å²) in [5, 5.41) is 20.1. The third-order valence-corrected chi connectivity index (χ3v) is 6.13. The van der Waals surface area contributed by atoms with Gasteiger partial charge >= 0.3 is 18.3 Å². The van der Waals surface area contributed by atoms with Crippen LogP contribution < -0.4 is 10.2 Å². The molecule has 0 spiro atoms. The molecule has 1 saturated heterocycles. The van der Waals surface area contributed by atoms with Crippen molar-refractivity contribution in [1.82, 2.24) is 25.3 Å². The fourth-order valence-corrected chi connectivity index (χ4v) is 4.02. The average molecular weight is 578 g/mol.